The minimum atomic E-state index is 0.698. The fourth-order valence-corrected chi connectivity index (χ4v) is 1.43. The van der Waals surface area contributed by atoms with E-state index in [9.17, 15) is 0 Å². The molecule has 0 aliphatic carbocycles. The smallest absolute Gasteiger partial charge is 0.0716 e. The highest BCUT2D eigenvalue weighted by Crippen LogP contribution is 2.09. The molecule has 0 heterocycles. The van der Waals surface area contributed by atoms with Gasteiger partial charge in [0, 0.05) is 13.7 Å². The SMILES string of the molecule is CCCNCc1ccccc1COC. The molecule has 0 aliphatic rings. The Morgan fingerprint density at radius 1 is 1.21 bits per heavy atom. The third-order valence-corrected chi connectivity index (χ3v) is 2.16. The van der Waals surface area contributed by atoms with Crippen LogP contribution in [0.1, 0.15) is 24.5 Å². The number of nitrogens with one attached hydrogen (secondary N) is 1. The minimum absolute atomic E-state index is 0.698. The van der Waals surface area contributed by atoms with E-state index in [1.165, 1.54) is 17.5 Å². The number of hydrogen-bond acceptors (Lipinski definition) is 2. The van der Waals surface area contributed by atoms with Crippen molar-refractivity contribution in [2.24, 2.45) is 0 Å². The van der Waals surface area contributed by atoms with Crippen LogP contribution in [0.2, 0.25) is 0 Å². The summed E-state index contributed by atoms with van der Waals surface area (Å²) in [5, 5.41) is 3.39. The first-order chi connectivity index (χ1) is 6.88. The first-order valence-corrected chi connectivity index (χ1v) is 5.15. The lowest BCUT2D eigenvalue weighted by atomic mass is 10.1. The topological polar surface area (TPSA) is 21.3 Å². The Labute approximate surface area is 86.3 Å². The molecular formula is C12H19NO. The van der Waals surface area contributed by atoms with Gasteiger partial charge in [-0.05, 0) is 24.1 Å². The largest absolute Gasteiger partial charge is 0.380 e. The molecule has 0 fully saturated rings. The average molecular weight is 193 g/mol. The molecule has 2 nitrogen and oxygen atoms in total. The van der Waals surface area contributed by atoms with Crippen LogP contribution in [0.5, 0.6) is 0 Å². The van der Waals surface area contributed by atoms with Gasteiger partial charge in [0.1, 0.15) is 0 Å². The molecule has 0 bridgehead atoms. The van der Waals surface area contributed by atoms with Gasteiger partial charge in [-0.2, -0.15) is 0 Å². The van der Waals surface area contributed by atoms with E-state index in [0.29, 0.717) is 6.61 Å². The minimum Gasteiger partial charge on any atom is -0.380 e. The van der Waals surface area contributed by atoms with Crippen LogP contribution in [0.25, 0.3) is 0 Å². The molecule has 0 unspecified atom stereocenters. The van der Waals surface area contributed by atoms with E-state index in [-0.39, 0.29) is 0 Å². The van der Waals surface area contributed by atoms with Gasteiger partial charge in [0.15, 0.2) is 0 Å². The Morgan fingerprint density at radius 2 is 1.93 bits per heavy atom. The number of rotatable bonds is 6. The van der Waals surface area contributed by atoms with Crippen molar-refractivity contribution < 1.29 is 4.74 Å². The second-order valence-electron chi connectivity index (χ2n) is 3.38. The maximum atomic E-state index is 5.15. The van der Waals surface area contributed by atoms with Crippen molar-refractivity contribution in [2.75, 3.05) is 13.7 Å². The second-order valence-corrected chi connectivity index (χ2v) is 3.38. The molecule has 0 aromatic heterocycles. The predicted molar refractivity (Wildman–Crippen MR) is 59.2 cm³/mol. The van der Waals surface area contributed by atoms with Gasteiger partial charge >= 0.3 is 0 Å². The molecule has 0 atom stereocenters. The molecule has 0 spiro atoms. The van der Waals surface area contributed by atoms with Gasteiger partial charge < -0.3 is 10.1 Å². The van der Waals surface area contributed by atoms with Crippen molar-refractivity contribution in [1.29, 1.82) is 0 Å². The van der Waals surface area contributed by atoms with Crippen molar-refractivity contribution in [2.45, 2.75) is 26.5 Å². The molecule has 0 aliphatic heterocycles. The first-order valence-electron chi connectivity index (χ1n) is 5.15. The molecule has 1 rings (SSSR count). The molecule has 1 aromatic carbocycles. The molecule has 0 amide bonds. The summed E-state index contributed by atoms with van der Waals surface area (Å²) in [4.78, 5) is 0. The van der Waals surface area contributed by atoms with Crippen molar-refractivity contribution >= 4 is 0 Å². The van der Waals surface area contributed by atoms with Crippen molar-refractivity contribution in [3.8, 4) is 0 Å². The zero-order chi connectivity index (χ0) is 10.2. The summed E-state index contributed by atoms with van der Waals surface area (Å²) in [6.07, 6.45) is 1.17. The highest BCUT2D eigenvalue weighted by molar-refractivity contribution is 5.26. The van der Waals surface area contributed by atoms with Gasteiger partial charge in [-0.3, -0.25) is 0 Å². The van der Waals surface area contributed by atoms with Gasteiger partial charge in [-0.1, -0.05) is 31.2 Å². The lowest BCUT2D eigenvalue weighted by molar-refractivity contribution is 0.184. The molecule has 0 radical (unpaired) electrons. The lowest BCUT2D eigenvalue weighted by Gasteiger charge is -2.09. The third-order valence-electron chi connectivity index (χ3n) is 2.16. The van der Waals surface area contributed by atoms with E-state index in [4.69, 9.17) is 4.74 Å². The van der Waals surface area contributed by atoms with Gasteiger partial charge in [-0.15, -0.1) is 0 Å². The van der Waals surface area contributed by atoms with Gasteiger partial charge in [0.25, 0.3) is 0 Å². The van der Waals surface area contributed by atoms with Gasteiger partial charge in [0.05, 0.1) is 6.61 Å². The van der Waals surface area contributed by atoms with E-state index in [0.717, 1.165) is 13.1 Å². The van der Waals surface area contributed by atoms with Crippen LogP contribution in [0.4, 0.5) is 0 Å². The third kappa shape index (κ3) is 3.48. The maximum Gasteiger partial charge on any atom is 0.0716 e. The fourth-order valence-electron chi connectivity index (χ4n) is 1.43. The van der Waals surface area contributed by atoms with E-state index >= 15 is 0 Å². The van der Waals surface area contributed by atoms with Crippen LogP contribution < -0.4 is 5.32 Å². The van der Waals surface area contributed by atoms with Crippen molar-refractivity contribution in [1.82, 2.24) is 5.32 Å². The van der Waals surface area contributed by atoms with Gasteiger partial charge in [-0.25, -0.2) is 0 Å². The summed E-state index contributed by atoms with van der Waals surface area (Å²) in [6, 6.07) is 8.39. The quantitative estimate of drug-likeness (QED) is 0.700. The lowest BCUT2D eigenvalue weighted by Crippen LogP contribution is -2.15. The van der Waals surface area contributed by atoms with E-state index in [1.54, 1.807) is 7.11 Å². The number of hydrogen-bond donors (Lipinski definition) is 1. The van der Waals surface area contributed by atoms with E-state index in [2.05, 4.69) is 36.5 Å². The average Bonchev–Trinajstić information content (AvgIpc) is 2.21. The number of ether oxygens (including phenoxy) is 1. The molecule has 0 saturated carbocycles. The number of benzene rings is 1. The van der Waals surface area contributed by atoms with Crippen molar-refractivity contribution in [3.05, 3.63) is 35.4 Å². The van der Waals surface area contributed by atoms with Crippen LogP contribution in [0.3, 0.4) is 0 Å². The Morgan fingerprint density at radius 3 is 2.57 bits per heavy atom. The summed E-state index contributed by atoms with van der Waals surface area (Å²) in [5.74, 6) is 0. The molecule has 0 saturated heterocycles. The monoisotopic (exact) mass is 193 g/mol. The summed E-state index contributed by atoms with van der Waals surface area (Å²) < 4.78 is 5.15. The Balaban J connectivity index is 2.55. The van der Waals surface area contributed by atoms with Crippen molar-refractivity contribution in [3.63, 3.8) is 0 Å². The zero-order valence-corrected chi connectivity index (χ0v) is 9.05. The first kappa shape index (κ1) is 11.2. The predicted octanol–water partition coefficient (Wildman–Crippen LogP) is 2.33. The summed E-state index contributed by atoms with van der Waals surface area (Å²) in [5.41, 5.74) is 2.61. The van der Waals surface area contributed by atoms with Crippen LogP contribution in [-0.2, 0) is 17.9 Å². The summed E-state index contributed by atoms with van der Waals surface area (Å²) in [7, 11) is 1.73. The normalized spacial score (nSPS) is 10.4. The standard InChI is InChI=1S/C12H19NO/c1-3-8-13-9-11-6-4-5-7-12(11)10-14-2/h4-7,13H,3,8-10H2,1-2H3. The Kier molecular flexibility index (Phi) is 5.27. The molecule has 2 heteroatoms. The number of methoxy groups -OCH3 is 1. The summed E-state index contributed by atoms with van der Waals surface area (Å²) >= 11 is 0. The molecule has 1 N–H and O–H groups in total. The van der Waals surface area contributed by atoms with Crippen LogP contribution >= 0.6 is 0 Å². The van der Waals surface area contributed by atoms with Crippen LogP contribution in [-0.4, -0.2) is 13.7 Å². The molecule has 78 valence electrons. The van der Waals surface area contributed by atoms with E-state index < -0.39 is 0 Å². The van der Waals surface area contributed by atoms with Crippen LogP contribution in [0.15, 0.2) is 24.3 Å². The summed E-state index contributed by atoms with van der Waals surface area (Å²) in [6.45, 7) is 4.88. The Bertz CT molecular complexity index is 260. The van der Waals surface area contributed by atoms with Gasteiger partial charge in [0.2, 0.25) is 0 Å². The molecule has 1 aromatic rings. The molecular weight excluding hydrogens is 174 g/mol. The maximum absolute atomic E-state index is 5.15. The fraction of sp³-hybridized carbons (Fsp3) is 0.500. The molecule has 14 heavy (non-hydrogen) atoms. The zero-order valence-electron chi connectivity index (χ0n) is 9.05. The van der Waals surface area contributed by atoms with E-state index in [1.807, 2.05) is 0 Å². The van der Waals surface area contributed by atoms with Crippen LogP contribution in [0, 0.1) is 0 Å². The highest BCUT2D eigenvalue weighted by atomic mass is 16.5. The Hall–Kier alpha value is -0.860. The highest BCUT2D eigenvalue weighted by Gasteiger charge is 1.99. The second kappa shape index (κ2) is 6.57.